The van der Waals surface area contributed by atoms with E-state index < -0.39 is 6.10 Å². The van der Waals surface area contributed by atoms with Gasteiger partial charge in [0.25, 0.3) is 0 Å². The predicted molar refractivity (Wildman–Crippen MR) is 76.8 cm³/mol. The van der Waals surface area contributed by atoms with Crippen LogP contribution in [0.5, 0.6) is 0 Å². The minimum absolute atomic E-state index is 0.434. The van der Waals surface area contributed by atoms with Crippen LogP contribution in [0.3, 0.4) is 0 Å². The lowest BCUT2D eigenvalue weighted by Crippen LogP contribution is -2.09. The lowest BCUT2D eigenvalue weighted by atomic mass is 9.99. The van der Waals surface area contributed by atoms with Gasteiger partial charge in [0.1, 0.15) is 0 Å². The third-order valence-electron chi connectivity index (χ3n) is 3.07. The van der Waals surface area contributed by atoms with Crippen molar-refractivity contribution in [3.8, 4) is 11.1 Å². The zero-order valence-corrected chi connectivity index (χ0v) is 11.1. The highest BCUT2D eigenvalue weighted by Gasteiger charge is 2.08. The van der Waals surface area contributed by atoms with Crippen molar-refractivity contribution in [2.24, 2.45) is 0 Å². The summed E-state index contributed by atoms with van der Waals surface area (Å²) in [6.07, 6.45) is -0.434. The third-order valence-corrected chi connectivity index (χ3v) is 3.07. The Morgan fingerprint density at radius 3 is 2.39 bits per heavy atom. The van der Waals surface area contributed by atoms with Gasteiger partial charge < -0.3 is 10.0 Å². The molecule has 0 bridgehead atoms. The van der Waals surface area contributed by atoms with Crippen LogP contribution < -0.4 is 4.90 Å². The highest BCUT2D eigenvalue weighted by Crippen LogP contribution is 2.30. The summed E-state index contributed by atoms with van der Waals surface area (Å²) in [5, 5.41) is 9.66. The summed E-state index contributed by atoms with van der Waals surface area (Å²) in [5.41, 5.74) is 4.45. The first-order valence-electron chi connectivity index (χ1n) is 6.14. The molecule has 0 radical (unpaired) electrons. The fraction of sp³-hybridized carbons (Fsp3) is 0.250. The quantitative estimate of drug-likeness (QED) is 0.889. The lowest BCUT2D eigenvalue weighted by molar-refractivity contribution is 0.199. The Morgan fingerprint density at radius 1 is 1.00 bits per heavy atom. The molecule has 0 aliphatic heterocycles. The molecule has 0 saturated carbocycles. The van der Waals surface area contributed by atoms with Crippen LogP contribution in [0.2, 0.25) is 0 Å². The van der Waals surface area contributed by atoms with Crippen molar-refractivity contribution in [1.82, 2.24) is 0 Å². The largest absolute Gasteiger partial charge is 0.389 e. The first-order valence-corrected chi connectivity index (χ1v) is 6.14. The molecule has 0 amide bonds. The van der Waals surface area contributed by atoms with Crippen molar-refractivity contribution in [2.45, 2.75) is 13.0 Å². The van der Waals surface area contributed by atoms with Crippen molar-refractivity contribution in [1.29, 1.82) is 0 Å². The predicted octanol–water partition coefficient (Wildman–Crippen LogP) is 3.47. The first kappa shape index (κ1) is 12.7. The Morgan fingerprint density at radius 2 is 1.72 bits per heavy atom. The minimum Gasteiger partial charge on any atom is -0.389 e. The Bertz CT molecular complexity index is 532. The molecular formula is C16H19NO. The Kier molecular flexibility index (Phi) is 3.68. The molecule has 2 aromatic carbocycles. The molecule has 0 aliphatic rings. The van der Waals surface area contributed by atoms with Crippen LogP contribution in [0.25, 0.3) is 11.1 Å². The average molecular weight is 241 g/mol. The van der Waals surface area contributed by atoms with Gasteiger partial charge in [-0.05, 0) is 30.2 Å². The van der Waals surface area contributed by atoms with Crippen LogP contribution in [-0.2, 0) is 0 Å². The lowest BCUT2D eigenvalue weighted by Gasteiger charge is -2.18. The Labute approximate surface area is 109 Å². The van der Waals surface area contributed by atoms with Crippen molar-refractivity contribution in [3.05, 3.63) is 54.1 Å². The Hall–Kier alpha value is -1.80. The van der Waals surface area contributed by atoms with Gasteiger partial charge in [-0.2, -0.15) is 0 Å². The summed E-state index contributed by atoms with van der Waals surface area (Å²) in [7, 11) is 4.08. The highest BCUT2D eigenvalue weighted by molar-refractivity contribution is 5.78. The van der Waals surface area contributed by atoms with E-state index in [1.54, 1.807) is 6.92 Å². The van der Waals surface area contributed by atoms with Crippen LogP contribution >= 0.6 is 0 Å². The van der Waals surface area contributed by atoms with Gasteiger partial charge in [0.05, 0.1) is 6.10 Å². The number of hydrogen-bond acceptors (Lipinski definition) is 2. The molecule has 0 heterocycles. The van der Waals surface area contributed by atoms with E-state index in [9.17, 15) is 5.11 Å². The van der Waals surface area contributed by atoms with Gasteiger partial charge in [0.15, 0.2) is 0 Å². The molecule has 0 aromatic heterocycles. The molecule has 1 N–H and O–H groups in total. The number of aliphatic hydroxyl groups is 1. The molecule has 0 spiro atoms. The summed E-state index contributed by atoms with van der Waals surface area (Å²) in [4.78, 5) is 2.10. The number of benzene rings is 2. The van der Waals surface area contributed by atoms with Gasteiger partial charge in [0, 0.05) is 25.3 Å². The normalized spacial score (nSPS) is 12.2. The van der Waals surface area contributed by atoms with Crippen LogP contribution in [0.15, 0.2) is 48.5 Å². The topological polar surface area (TPSA) is 23.5 Å². The zero-order valence-electron chi connectivity index (χ0n) is 11.1. The van der Waals surface area contributed by atoms with Crippen molar-refractivity contribution in [3.63, 3.8) is 0 Å². The number of para-hydroxylation sites is 1. The van der Waals surface area contributed by atoms with Gasteiger partial charge in [-0.1, -0.05) is 36.4 Å². The summed E-state index contributed by atoms with van der Waals surface area (Å²) >= 11 is 0. The molecule has 0 aliphatic carbocycles. The number of anilines is 1. The summed E-state index contributed by atoms with van der Waals surface area (Å²) in [6, 6.07) is 16.4. The minimum atomic E-state index is -0.434. The van der Waals surface area contributed by atoms with Crippen molar-refractivity contribution in [2.75, 3.05) is 19.0 Å². The van der Waals surface area contributed by atoms with Crippen LogP contribution in [0.4, 0.5) is 5.69 Å². The van der Waals surface area contributed by atoms with Gasteiger partial charge in [-0.3, -0.25) is 0 Å². The first-order chi connectivity index (χ1) is 8.59. The van der Waals surface area contributed by atoms with Gasteiger partial charge >= 0.3 is 0 Å². The maximum absolute atomic E-state index is 9.66. The maximum Gasteiger partial charge on any atom is 0.0762 e. The van der Waals surface area contributed by atoms with Crippen LogP contribution in [0.1, 0.15) is 18.6 Å². The summed E-state index contributed by atoms with van der Waals surface area (Å²) in [5.74, 6) is 0. The van der Waals surface area contributed by atoms with Gasteiger partial charge in [-0.15, -0.1) is 0 Å². The number of hydrogen-bond donors (Lipinski definition) is 1. The molecule has 94 valence electrons. The highest BCUT2D eigenvalue weighted by atomic mass is 16.3. The van der Waals surface area contributed by atoms with Gasteiger partial charge in [-0.25, -0.2) is 0 Å². The van der Waals surface area contributed by atoms with E-state index in [-0.39, 0.29) is 0 Å². The zero-order chi connectivity index (χ0) is 13.1. The van der Waals surface area contributed by atoms with E-state index in [1.165, 1.54) is 11.3 Å². The van der Waals surface area contributed by atoms with E-state index in [4.69, 9.17) is 0 Å². The molecule has 0 saturated heterocycles. The molecule has 18 heavy (non-hydrogen) atoms. The number of rotatable bonds is 3. The van der Waals surface area contributed by atoms with Crippen molar-refractivity contribution >= 4 is 5.69 Å². The standard InChI is InChI=1S/C16H19NO/c1-12(18)13-7-6-8-14(11-13)15-9-4-5-10-16(15)17(2)3/h4-12,18H,1-3H3/t12-/m0/s1. The van der Waals surface area contributed by atoms with Crippen LogP contribution in [0, 0.1) is 0 Å². The molecule has 1 atom stereocenters. The smallest absolute Gasteiger partial charge is 0.0762 e. The second kappa shape index (κ2) is 5.23. The molecule has 0 fully saturated rings. The monoisotopic (exact) mass is 241 g/mol. The van der Waals surface area contributed by atoms with E-state index in [0.29, 0.717) is 0 Å². The SMILES string of the molecule is C[C@H](O)c1cccc(-c2ccccc2N(C)C)c1. The fourth-order valence-corrected chi connectivity index (χ4v) is 2.07. The second-order valence-corrected chi connectivity index (χ2v) is 4.71. The number of nitrogens with zero attached hydrogens (tertiary/aromatic N) is 1. The summed E-state index contributed by atoms with van der Waals surface area (Å²) < 4.78 is 0. The van der Waals surface area contributed by atoms with E-state index in [1.807, 2.05) is 44.4 Å². The van der Waals surface area contributed by atoms with Gasteiger partial charge in [0.2, 0.25) is 0 Å². The van der Waals surface area contributed by atoms with Crippen LogP contribution in [-0.4, -0.2) is 19.2 Å². The third kappa shape index (κ3) is 2.54. The molecule has 2 aromatic rings. The van der Waals surface area contributed by atoms with E-state index >= 15 is 0 Å². The molecule has 2 nitrogen and oxygen atoms in total. The fourth-order valence-electron chi connectivity index (χ4n) is 2.07. The molecule has 2 heteroatoms. The average Bonchev–Trinajstić information content (AvgIpc) is 2.39. The van der Waals surface area contributed by atoms with E-state index in [0.717, 1.165) is 11.1 Å². The molecular weight excluding hydrogens is 222 g/mol. The van der Waals surface area contributed by atoms with E-state index in [2.05, 4.69) is 23.1 Å². The number of aliphatic hydroxyl groups excluding tert-OH is 1. The molecule has 0 unspecified atom stereocenters. The Balaban J connectivity index is 2.52. The van der Waals surface area contributed by atoms with Crippen molar-refractivity contribution < 1.29 is 5.11 Å². The maximum atomic E-state index is 9.66. The second-order valence-electron chi connectivity index (χ2n) is 4.71. The molecule has 2 rings (SSSR count). The summed E-state index contributed by atoms with van der Waals surface area (Å²) in [6.45, 7) is 1.79.